The Hall–Kier alpha value is -2.87. The van der Waals surface area contributed by atoms with Crippen molar-refractivity contribution < 1.29 is 9.53 Å². The van der Waals surface area contributed by atoms with Gasteiger partial charge >= 0.3 is 5.97 Å². The Morgan fingerprint density at radius 1 is 0.960 bits per heavy atom. The van der Waals surface area contributed by atoms with Crippen molar-refractivity contribution in [3.63, 3.8) is 0 Å². The first-order valence-corrected chi connectivity index (χ1v) is 8.67. The van der Waals surface area contributed by atoms with E-state index in [1.54, 1.807) is 0 Å². The maximum Gasteiger partial charge on any atom is 0.303 e. The van der Waals surface area contributed by atoms with E-state index in [-0.39, 0.29) is 12.1 Å². The van der Waals surface area contributed by atoms with E-state index in [2.05, 4.69) is 61.5 Å². The molecule has 0 saturated carbocycles. The van der Waals surface area contributed by atoms with Gasteiger partial charge in [-0.25, -0.2) is 0 Å². The average molecular weight is 326 g/mol. The number of hydrogen-bond donors (Lipinski definition) is 0. The number of carbonyl (C=O) groups is 1. The number of aryl methyl sites for hydroxylation is 1. The lowest BCUT2D eigenvalue weighted by Crippen LogP contribution is -2.07. The third-order valence-electron chi connectivity index (χ3n) is 5.43. The molecule has 4 aromatic rings. The zero-order chi connectivity index (χ0) is 17.1. The predicted molar refractivity (Wildman–Crippen MR) is 102 cm³/mol. The summed E-state index contributed by atoms with van der Waals surface area (Å²) in [7, 11) is 0. The van der Waals surface area contributed by atoms with Crippen LogP contribution in [-0.2, 0) is 16.0 Å². The van der Waals surface area contributed by atoms with E-state index in [9.17, 15) is 4.79 Å². The normalized spacial score (nSPS) is 16.0. The van der Waals surface area contributed by atoms with Gasteiger partial charge in [0.15, 0.2) is 0 Å². The highest BCUT2D eigenvalue weighted by Crippen LogP contribution is 2.45. The van der Waals surface area contributed by atoms with Crippen LogP contribution in [0.3, 0.4) is 0 Å². The molecule has 1 atom stereocenters. The summed E-state index contributed by atoms with van der Waals surface area (Å²) < 4.78 is 5.72. The van der Waals surface area contributed by atoms with Gasteiger partial charge in [0.05, 0.1) is 0 Å². The molecule has 1 aliphatic rings. The smallest absolute Gasteiger partial charge is 0.303 e. The minimum absolute atomic E-state index is 0.194. The molecular weight excluding hydrogens is 308 g/mol. The van der Waals surface area contributed by atoms with Crippen molar-refractivity contribution in [3.8, 4) is 0 Å². The highest BCUT2D eigenvalue weighted by molar-refractivity contribution is 6.15. The topological polar surface area (TPSA) is 26.3 Å². The van der Waals surface area contributed by atoms with Gasteiger partial charge in [0, 0.05) is 18.9 Å². The molecule has 0 saturated heterocycles. The number of benzene rings is 4. The average Bonchev–Trinajstić information content (AvgIpc) is 2.98. The molecule has 0 fully saturated rings. The minimum atomic E-state index is -0.221. The molecule has 0 amide bonds. The Balaban J connectivity index is 1.97. The maximum absolute atomic E-state index is 11.7. The zero-order valence-electron chi connectivity index (χ0n) is 14.3. The van der Waals surface area contributed by atoms with E-state index in [1.165, 1.54) is 55.9 Å². The van der Waals surface area contributed by atoms with Crippen LogP contribution in [0.5, 0.6) is 0 Å². The molecule has 0 spiro atoms. The maximum atomic E-state index is 11.7. The lowest BCUT2D eigenvalue weighted by Gasteiger charge is -2.15. The molecule has 4 aromatic carbocycles. The summed E-state index contributed by atoms with van der Waals surface area (Å²) in [6.07, 6.45) is 0.574. The predicted octanol–water partition coefficient (Wildman–Crippen LogP) is 5.61. The quantitative estimate of drug-likeness (QED) is 0.258. The molecule has 0 aromatic heterocycles. The Morgan fingerprint density at radius 3 is 2.60 bits per heavy atom. The third kappa shape index (κ3) is 2.00. The van der Waals surface area contributed by atoms with E-state index >= 15 is 0 Å². The first-order chi connectivity index (χ1) is 12.1. The van der Waals surface area contributed by atoms with Gasteiger partial charge in [0.2, 0.25) is 0 Å². The molecular formula is C23H18O2. The SMILES string of the molecule is CC(=O)OC1Cc2c(C)ccc3cc4c(ccc5ccccc54)c1c23. The van der Waals surface area contributed by atoms with Crippen LogP contribution in [0.2, 0.25) is 0 Å². The van der Waals surface area contributed by atoms with Crippen LogP contribution >= 0.6 is 0 Å². The molecule has 0 aliphatic heterocycles. The Bertz CT molecular complexity index is 1190. The van der Waals surface area contributed by atoms with E-state index in [0.29, 0.717) is 0 Å². The van der Waals surface area contributed by atoms with Gasteiger partial charge in [0.1, 0.15) is 6.10 Å². The first-order valence-electron chi connectivity index (χ1n) is 8.67. The van der Waals surface area contributed by atoms with Gasteiger partial charge in [-0.05, 0) is 56.4 Å². The van der Waals surface area contributed by atoms with Gasteiger partial charge in [-0.2, -0.15) is 0 Å². The van der Waals surface area contributed by atoms with Gasteiger partial charge < -0.3 is 4.74 Å². The van der Waals surface area contributed by atoms with Crippen molar-refractivity contribution in [1.29, 1.82) is 0 Å². The largest absolute Gasteiger partial charge is 0.457 e. The first kappa shape index (κ1) is 14.5. The molecule has 0 radical (unpaired) electrons. The summed E-state index contributed by atoms with van der Waals surface area (Å²) in [6.45, 7) is 3.63. The number of fused-ring (bicyclic) bond motifs is 4. The minimum Gasteiger partial charge on any atom is -0.457 e. The van der Waals surface area contributed by atoms with Crippen molar-refractivity contribution in [2.45, 2.75) is 26.4 Å². The fraction of sp³-hybridized carbons (Fsp3) is 0.174. The zero-order valence-corrected chi connectivity index (χ0v) is 14.3. The Kier molecular flexibility index (Phi) is 2.93. The molecule has 25 heavy (non-hydrogen) atoms. The highest BCUT2D eigenvalue weighted by Gasteiger charge is 2.30. The van der Waals surface area contributed by atoms with Crippen LogP contribution in [0.25, 0.3) is 32.3 Å². The van der Waals surface area contributed by atoms with Crippen LogP contribution in [0, 0.1) is 6.92 Å². The number of ether oxygens (including phenoxy) is 1. The monoisotopic (exact) mass is 326 g/mol. The standard InChI is InChI=1S/C23H18O2/c1-13-7-8-16-11-20-17-6-4-3-5-15(17)9-10-18(20)23-21(25-14(2)24)12-19(13)22(16)23/h3-11,21H,12H2,1-2H3. The molecule has 122 valence electrons. The summed E-state index contributed by atoms with van der Waals surface area (Å²) in [5.41, 5.74) is 3.75. The highest BCUT2D eigenvalue weighted by atomic mass is 16.5. The molecule has 5 rings (SSSR count). The second kappa shape index (κ2) is 5.06. The van der Waals surface area contributed by atoms with Gasteiger partial charge in [-0.15, -0.1) is 0 Å². The molecule has 2 nitrogen and oxygen atoms in total. The second-order valence-electron chi connectivity index (χ2n) is 6.93. The van der Waals surface area contributed by atoms with Crippen LogP contribution in [0.15, 0.2) is 54.6 Å². The van der Waals surface area contributed by atoms with E-state index in [0.717, 1.165) is 6.42 Å². The Morgan fingerprint density at radius 2 is 1.76 bits per heavy atom. The molecule has 0 bridgehead atoms. The molecule has 2 heteroatoms. The summed E-state index contributed by atoms with van der Waals surface area (Å²) in [5.74, 6) is -0.221. The van der Waals surface area contributed by atoms with Gasteiger partial charge in [-0.1, -0.05) is 48.5 Å². The summed E-state index contributed by atoms with van der Waals surface area (Å²) in [4.78, 5) is 11.7. The van der Waals surface area contributed by atoms with Crippen molar-refractivity contribution in [1.82, 2.24) is 0 Å². The summed E-state index contributed by atoms with van der Waals surface area (Å²) >= 11 is 0. The molecule has 1 unspecified atom stereocenters. The van der Waals surface area contributed by atoms with E-state index in [1.807, 2.05) is 0 Å². The van der Waals surface area contributed by atoms with Crippen molar-refractivity contribution in [2.24, 2.45) is 0 Å². The van der Waals surface area contributed by atoms with Crippen molar-refractivity contribution in [3.05, 3.63) is 71.3 Å². The number of hydrogen-bond acceptors (Lipinski definition) is 2. The molecule has 0 heterocycles. The van der Waals surface area contributed by atoms with Crippen molar-refractivity contribution in [2.75, 3.05) is 0 Å². The van der Waals surface area contributed by atoms with Crippen LogP contribution in [-0.4, -0.2) is 5.97 Å². The fourth-order valence-electron chi connectivity index (χ4n) is 4.37. The third-order valence-corrected chi connectivity index (χ3v) is 5.43. The van der Waals surface area contributed by atoms with Gasteiger partial charge in [0.25, 0.3) is 0 Å². The van der Waals surface area contributed by atoms with E-state index < -0.39 is 0 Å². The summed E-state index contributed by atoms with van der Waals surface area (Å²) in [5, 5.41) is 7.41. The Labute approximate surface area is 146 Å². The fourth-order valence-corrected chi connectivity index (χ4v) is 4.37. The van der Waals surface area contributed by atoms with Crippen molar-refractivity contribution >= 4 is 38.3 Å². The van der Waals surface area contributed by atoms with Crippen LogP contribution in [0.1, 0.15) is 29.7 Å². The number of esters is 1. The number of carbonyl (C=O) groups excluding carboxylic acids is 1. The number of rotatable bonds is 1. The molecule has 0 N–H and O–H groups in total. The molecule has 1 aliphatic carbocycles. The second-order valence-corrected chi connectivity index (χ2v) is 6.93. The lowest BCUT2D eigenvalue weighted by molar-refractivity contribution is -0.146. The van der Waals surface area contributed by atoms with Crippen LogP contribution < -0.4 is 0 Å². The van der Waals surface area contributed by atoms with E-state index in [4.69, 9.17) is 4.74 Å². The van der Waals surface area contributed by atoms with Crippen LogP contribution in [0.4, 0.5) is 0 Å². The lowest BCUT2D eigenvalue weighted by atomic mass is 9.93. The van der Waals surface area contributed by atoms with Gasteiger partial charge in [-0.3, -0.25) is 4.79 Å². The summed E-state index contributed by atoms with van der Waals surface area (Å²) in [6, 6.07) is 19.5.